The van der Waals surface area contributed by atoms with E-state index in [0.29, 0.717) is 6.04 Å². The Morgan fingerprint density at radius 2 is 2.11 bits per heavy atom. The number of H-pyrrole nitrogens is 1. The lowest BCUT2D eigenvalue weighted by Crippen LogP contribution is -2.12. The van der Waals surface area contributed by atoms with Gasteiger partial charge >= 0.3 is 0 Å². The summed E-state index contributed by atoms with van der Waals surface area (Å²) in [4.78, 5) is 0. The van der Waals surface area contributed by atoms with Crippen molar-refractivity contribution in [3.8, 4) is 11.3 Å². The van der Waals surface area contributed by atoms with Crippen molar-refractivity contribution in [3.63, 3.8) is 0 Å². The standard InChI is InChI=1S/C14H23N5/c1-6-15-7-12-8-16-17-14(12)13-10(4)18-19(9(2)3)11(13)5/h8-9,15H,6-7H2,1-5H3,(H,16,17). The highest BCUT2D eigenvalue weighted by Crippen LogP contribution is 2.29. The van der Waals surface area contributed by atoms with Crippen molar-refractivity contribution < 1.29 is 0 Å². The van der Waals surface area contributed by atoms with Crippen LogP contribution >= 0.6 is 0 Å². The van der Waals surface area contributed by atoms with Crippen LogP contribution in [0.5, 0.6) is 0 Å². The van der Waals surface area contributed by atoms with Crippen LogP contribution in [0, 0.1) is 13.8 Å². The van der Waals surface area contributed by atoms with Gasteiger partial charge in [-0.05, 0) is 34.2 Å². The molecular formula is C14H23N5. The van der Waals surface area contributed by atoms with E-state index in [1.54, 1.807) is 0 Å². The lowest BCUT2D eigenvalue weighted by atomic mass is 10.1. The summed E-state index contributed by atoms with van der Waals surface area (Å²) >= 11 is 0. The van der Waals surface area contributed by atoms with E-state index in [-0.39, 0.29) is 0 Å². The second-order valence-electron chi connectivity index (χ2n) is 5.13. The van der Waals surface area contributed by atoms with Gasteiger partial charge in [0.25, 0.3) is 0 Å². The molecule has 2 N–H and O–H groups in total. The highest BCUT2D eigenvalue weighted by atomic mass is 15.3. The van der Waals surface area contributed by atoms with Crippen LogP contribution in [0.2, 0.25) is 0 Å². The van der Waals surface area contributed by atoms with Crippen LogP contribution in [0.4, 0.5) is 0 Å². The van der Waals surface area contributed by atoms with E-state index < -0.39 is 0 Å². The van der Waals surface area contributed by atoms with Gasteiger partial charge in [0.15, 0.2) is 0 Å². The predicted octanol–water partition coefficient (Wildman–Crippen LogP) is 2.58. The predicted molar refractivity (Wildman–Crippen MR) is 77.0 cm³/mol. The summed E-state index contributed by atoms with van der Waals surface area (Å²) in [7, 11) is 0. The van der Waals surface area contributed by atoms with Gasteiger partial charge in [-0.1, -0.05) is 6.92 Å². The fraction of sp³-hybridized carbons (Fsp3) is 0.571. The first-order valence-corrected chi connectivity index (χ1v) is 6.85. The third-order valence-electron chi connectivity index (χ3n) is 3.35. The van der Waals surface area contributed by atoms with E-state index in [9.17, 15) is 0 Å². The molecule has 0 unspecified atom stereocenters. The molecule has 2 aromatic heterocycles. The molecule has 0 saturated heterocycles. The fourth-order valence-electron chi connectivity index (χ4n) is 2.45. The molecule has 5 nitrogen and oxygen atoms in total. The third kappa shape index (κ3) is 2.56. The van der Waals surface area contributed by atoms with Crippen LogP contribution in [0.15, 0.2) is 6.20 Å². The number of hydrogen-bond donors (Lipinski definition) is 2. The van der Waals surface area contributed by atoms with Gasteiger partial charge < -0.3 is 5.32 Å². The molecule has 0 aromatic carbocycles. The van der Waals surface area contributed by atoms with Crippen LogP contribution in [0.25, 0.3) is 11.3 Å². The molecule has 0 amide bonds. The Labute approximate surface area is 114 Å². The first-order valence-electron chi connectivity index (χ1n) is 6.85. The fourth-order valence-corrected chi connectivity index (χ4v) is 2.45. The van der Waals surface area contributed by atoms with Gasteiger partial charge in [0.1, 0.15) is 0 Å². The first-order chi connectivity index (χ1) is 9.06. The highest BCUT2D eigenvalue weighted by Gasteiger charge is 2.18. The van der Waals surface area contributed by atoms with Crippen molar-refractivity contribution in [1.82, 2.24) is 25.3 Å². The zero-order valence-corrected chi connectivity index (χ0v) is 12.4. The summed E-state index contributed by atoms with van der Waals surface area (Å²) in [5, 5.41) is 15.3. The van der Waals surface area contributed by atoms with Crippen molar-refractivity contribution in [2.75, 3.05) is 6.54 Å². The van der Waals surface area contributed by atoms with Crippen LogP contribution < -0.4 is 5.32 Å². The van der Waals surface area contributed by atoms with Gasteiger partial charge in [0.05, 0.1) is 17.6 Å². The Balaban J connectivity index is 2.45. The average molecular weight is 261 g/mol. The normalized spacial score (nSPS) is 11.5. The maximum atomic E-state index is 4.64. The van der Waals surface area contributed by atoms with Crippen molar-refractivity contribution in [3.05, 3.63) is 23.1 Å². The molecule has 2 aromatic rings. The largest absolute Gasteiger partial charge is 0.313 e. The Morgan fingerprint density at radius 3 is 2.68 bits per heavy atom. The summed E-state index contributed by atoms with van der Waals surface area (Å²) < 4.78 is 2.07. The summed E-state index contributed by atoms with van der Waals surface area (Å²) in [6.07, 6.45) is 1.89. The Hall–Kier alpha value is -1.62. The highest BCUT2D eigenvalue weighted by molar-refractivity contribution is 5.67. The van der Waals surface area contributed by atoms with Gasteiger partial charge in [0.2, 0.25) is 0 Å². The number of nitrogens with one attached hydrogen (secondary N) is 2. The molecule has 0 aliphatic heterocycles. The third-order valence-corrected chi connectivity index (χ3v) is 3.35. The number of nitrogens with zero attached hydrogens (tertiary/aromatic N) is 3. The van der Waals surface area contributed by atoms with Crippen molar-refractivity contribution in [2.45, 2.75) is 47.2 Å². The van der Waals surface area contributed by atoms with Gasteiger partial charge in [0, 0.05) is 29.4 Å². The van der Waals surface area contributed by atoms with E-state index in [4.69, 9.17) is 0 Å². The zero-order valence-electron chi connectivity index (χ0n) is 12.4. The Kier molecular flexibility index (Phi) is 4.04. The summed E-state index contributed by atoms with van der Waals surface area (Å²) in [5.41, 5.74) is 5.70. The maximum absolute atomic E-state index is 4.64. The number of aromatic amines is 1. The van der Waals surface area contributed by atoms with E-state index in [1.165, 1.54) is 16.8 Å². The average Bonchev–Trinajstić information content (AvgIpc) is 2.91. The molecule has 0 aliphatic rings. The van der Waals surface area contributed by atoms with Gasteiger partial charge in [-0.25, -0.2) is 0 Å². The van der Waals surface area contributed by atoms with Gasteiger partial charge in [-0.3, -0.25) is 9.78 Å². The second kappa shape index (κ2) is 5.57. The van der Waals surface area contributed by atoms with Crippen LogP contribution in [-0.2, 0) is 6.54 Å². The SMILES string of the molecule is CCNCc1cn[nH]c1-c1c(C)nn(C(C)C)c1C. The number of hydrogen-bond acceptors (Lipinski definition) is 3. The molecule has 2 rings (SSSR count). The Bertz CT molecular complexity index is 550. The van der Waals surface area contributed by atoms with Gasteiger partial charge in [-0.15, -0.1) is 0 Å². The minimum absolute atomic E-state index is 0.368. The summed E-state index contributed by atoms with van der Waals surface area (Å²) in [6, 6.07) is 0.368. The van der Waals surface area contributed by atoms with Crippen molar-refractivity contribution in [1.29, 1.82) is 0 Å². The molecule has 0 fully saturated rings. The molecule has 5 heteroatoms. The van der Waals surface area contributed by atoms with Crippen molar-refractivity contribution >= 4 is 0 Å². The van der Waals surface area contributed by atoms with Crippen LogP contribution in [-0.4, -0.2) is 26.5 Å². The topological polar surface area (TPSA) is 58.5 Å². The maximum Gasteiger partial charge on any atom is 0.0732 e. The molecule has 0 saturated carbocycles. The molecule has 104 valence electrons. The lowest BCUT2D eigenvalue weighted by Gasteiger charge is -2.09. The molecule has 0 aliphatic carbocycles. The van der Waals surface area contributed by atoms with E-state index >= 15 is 0 Å². The lowest BCUT2D eigenvalue weighted by molar-refractivity contribution is 0.516. The number of aryl methyl sites for hydroxylation is 1. The smallest absolute Gasteiger partial charge is 0.0732 e. The second-order valence-corrected chi connectivity index (χ2v) is 5.13. The molecule has 0 atom stereocenters. The molecule has 19 heavy (non-hydrogen) atoms. The van der Waals surface area contributed by atoms with Crippen molar-refractivity contribution in [2.24, 2.45) is 0 Å². The summed E-state index contributed by atoms with van der Waals surface area (Å²) in [5.74, 6) is 0. The molecule has 0 bridgehead atoms. The Morgan fingerprint density at radius 1 is 1.37 bits per heavy atom. The van der Waals surface area contributed by atoms with Gasteiger partial charge in [-0.2, -0.15) is 10.2 Å². The van der Waals surface area contributed by atoms with Crippen LogP contribution in [0.1, 0.15) is 43.8 Å². The molecule has 0 spiro atoms. The summed E-state index contributed by atoms with van der Waals surface area (Å²) in [6.45, 7) is 12.4. The first kappa shape index (κ1) is 13.8. The minimum atomic E-state index is 0.368. The van der Waals surface area contributed by atoms with E-state index in [2.05, 4.69) is 59.9 Å². The molecule has 0 radical (unpaired) electrons. The van der Waals surface area contributed by atoms with Crippen LogP contribution in [0.3, 0.4) is 0 Å². The quantitative estimate of drug-likeness (QED) is 0.869. The van der Waals surface area contributed by atoms with E-state index in [1.807, 2.05) is 6.20 Å². The number of aromatic nitrogens is 4. The monoisotopic (exact) mass is 261 g/mol. The molecule has 2 heterocycles. The van der Waals surface area contributed by atoms with E-state index in [0.717, 1.165) is 24.5 Å². The molecular weight excluding hydrogens is 238 g/mol. The minimum Gasteiger partial charge on any atom is -0.313 e. The number of rotatable bonds is 5. The zero-order chi connectivity index (χ0) is 14.0.